The van der Waals surface area contributed by atoms with Crippen molar-refractivity contribution < 1.29 is 19.7 Å². The number of fused-ring (bicyclic) bond motifs is 1. The summed E-state index contributed by atoms with van der Waals surface area (Å²) in [4.78, 5) is 12.8. The highest BCUT2D eigenvalue weighted by Crippen LogP contribution is 2.35. The molecule has 0 bridgehead atoms. The first kappa shape index (κ1) is 11.7. The topological polar surface area (TPSA) is 70.0 Å². The Morgan fingerprint density at radius 2 is 2.24 bits per heavy atom. The molecule has 0 aliphatic carbocycles. The molecule has 92 valence electrons. The van der Waals surface area contributed by atoms with Crippen molar-refractivity contribution in [1.82, 2.24) is 0 Å². The highest BCUT2D eigenvalue weighted by atomic mass is 16.5. The first-order chi connectivity index (χ1) is 8.04. The van der Waals surface area contributed by atoms with Crippen LogP contribution in [0.15, 0.2) is 18.2 Å². The van der Waals surface area contributed by atoms with Gasteiger partial charge in [0.15, 0.2) is 0 Å². The van der Waals surface area contributed by atoms with Gasteiger partial charge in [-0.2, -0.15) is 0 Å². The number of aliphatic hydroxyl groups is 1. The third kappa shape index (κ3) is 1.93. The Labute approximate surface area is 99.2 Å². The summed E-state index contributed by atoms with van der Waals surface area (Å²) < 4.78 is 5.61. The van der Waals surface area contributed by atoms with Gasteiger partial charge in [-0.1, -0.05) is 0 Å². The fraction of sp³-hybridized carbons (Fsp3) is 0.417. The molecular formula is C12H15NO4. The molecule has 17 heavy (non-hydrogen) atoms. The number of aliphatic hydroxyl groups excluding tert-OH is 1. The summed E-state index contributed by atoms with van der Waals surface area (Å²) in [6, 6.07) is 4.71. The summed E-state index contributed by atoms with van der Waals surface area (Å²) in [6.07, 6.45) is -0.289. The molecule has 1 aliphatic heterocycles. The number of anilines is 1. The Hall–Kier alpha value is -1.75. The van der Waals surface area contributed by atoms with Crippen molar-refractivity contribution >= 4 is 11.7 Å². The van der Waals surface area contributed by atoms with Crippen LogP contribution in [-0.2, 0) is 0 Å². The Balaban J connectivity index is 2.42. The van der Waals surface area contributed by atoms with E-state index in [2.05, 4.69) is 0 Å². The third-order valence-electron chi connectivity index (χ3n) is 3.19. The van der Waals surface area contributed by atoms with E-state index >= 15 is 0 Å². The minimum Gasteiger partial charge on any atom is -0.484 e. The SMILES string of the molecule is CC1C(CO)Oc2ccc(C(=O)O)cc2N1C. The molecule has 2 unspecified atom stereocenters. The summed E-state index contributed by atoms with van der Waals surface area (Å²) in [5.41, 5.74) is 0.968. The molecule has 5 heteroatoms. The standard InChI is InChI=1S/C12H15NO4/c1-7-11(6-14)17-10-4-3-8(12(15)16)5-9(10)13(7)2/h3-5,7,11,14H,6H2,1-2H3,(H,15,16). The molecule has 2 atom stereocenters. The van der Waals surface area contributed by atoms with Crippen LogP contribution in [0.2, 0.25) is 0 Å². The predicted octanol–water partition coefficient (Wildman–Crippen LogP) is 0.963. The van der Waals surface area contributed by atoms with Gasteiger partial charge in [0.05, 0.1) is 23.9 Å². The van der Waals surface area contributed by atoms with Crippen LogP contribution in [0, 0.1) is 0 Å². The molecule has 0 spiro atoms. The van der Waals surface area contributed by atoms with Gasteiger partial charge >= 0.3 is 5.97 Å². The minimum absolute atomic E-state index is 0.00320. The molecule has 1 heterocycles. The van der Waals surface area contributed by atoms with Crippen LogP contribution in [0.5, 0.6) is 5.75 Å². The molecule has 0 fully saturated rings. The lowest BCUT2D eigenvalue weighted by Gasteiger charge is -2.39. The number of carbonyl (C=O) groups is 1. The number of aromatic carboxylic acids is 1. The molecule has 0 saturated heterocycles. The van der Waals surface area contributed by atoms with Crippen LogP contribution < -0.4 is 9.64 Å². The van der Waals surface area contributed by atoms with Crippen LogP contribution in [0.4, 0.5) is 5.69 Å². The fourth-order valence-electron chi connectivity index (χ4n) is 1.95. The second-order valence-electron chi connectivity index (χ2n) is 4.18. The number of carboxylic acid groups (broad SMARTS) is 1. The van der Waals surface area contributed by atoms with Gasteiger partial charge in [-0.05, 0) is 25.1 Å². The van der Waals surface area contributed by atoms with E-state index in [1.807, 2.05) is 18.9 Å². The van der Waals surface area contributed by atoms with Crippen LogP contribution >= 0.6 is 0 Å². The van der Waals surface area contributed by atoms with Crippen molar-refractivity contribution in [3.05, 3.63) is 23.8 Å². The van der Waals surface area contributed by atoms with Crippen LogP contribution in [0.3, 0.4) is 0 Å². The van der Waals surface area contributed by atoms with Crippen molar-refractivity contribution in [2.75, 3.05) is 18.6 Å². The molecule has 1 aromatic carbocycles. The van der Waals surface area contributed by atoms with Gasteiger partial charge in [0.2, 0.25) is 0 Å². The van der Waals surface area contributed by atoms with Crippen molar-refractivity contribution in [2.24, 2.45) is 0 Å². The summed E-state index contributed by atoms with van der Waals surface area (Å²) in [7, 11) is 1.86. The lowest BCUT2D eigenvalue weighted by molar-refractivity contribution is 0.0695. The van der Waals surface area contributed by atoms with E-state index in [9.17, 15) is 9.90 Å². The number of ether oxygens (including phenoxy) is 1. The molecule has 0 aromatic heterocycles. The first-order valence-corrected chi connectivity index (χ1v) is 5.42. The van der Waals surface area contributed by atoms with Gasteiger partial charge in [-0.15, -0.1) is 0 Å². The molecule has 1 aromatic rings. The summed E-state index contributed by atoms with van der Waals surface area (Å²) >= 11 is 0. The highest BCUT2D eigenvalue weighted by Gasteiger charge is 2.30. The molecule has 0 saturated carbocycles. The van der Waals surface area contributed by atoms with E-state index in [-0.39, 0.29) is 24.3 Å². The smallest absolute Gasteiger partial charge is 0.335 e. The molecule has 2 N–H and O–H groups in total. The second-order valence-corrected chi connectivity index (χ2v) is 4.18. The number of hydrogen-bond donors (Lipinski definition) is 2. The summed E-state index contributed by atoms with van der Waals surface area (Å²) in [5, 5.41) is 18.1. The zero-order chi connectivity index (χ0) is 12.6. The average molecular weight is 237 g/mol. The van der Waals surface area contributed by atoms with E-state index in [1.54, 1.807) is 12.1 Å². The Morgan fingerprint density at radius 3 is 2.82 bits per heavy atom. The Kier molecular flexibility index (Phi) is 2.93. The number of hydrogen-bond acceptors (Lipinski definition) is 4. The number of nitrogens with zero attached hydrogens (tertiary/aromatic N) is 1. The Bertz CT molecular complexity index is 446. The lowest BCUT2D eigenvalue weighted by atomic mass is 10.1. The molecule has 0 radical (unpaired) electrons. The summed E-state index contributed by atoms with van der Waals surface area (Å²) in [5.74, 6) is -0.354. The largest absolute Gasteiger partial charge is 0.484 e. The monoisotopic (exact) mass is 237 g/mol. The maximum Gasteiger partial charge on any atom is 0.335 e. The van der Waals surface area contributed by atoms with Gasteiger partial charge in [0, 0.05) is 7.05 Å². The number of carboxylic acids is 1. The van der Waals surface area contributed by atoms with E-state index < -0.39 is 5.97 Å². The van der Waals surface area contributed by atoms with Crippen molar-refractivity contribution in [1.29, 1.82) is 0 Å². The van der Waals surface area contributed by atoms with Crippen LogP contribution in [0.25, 0.3) is 0 Å². The maximum absolute atomic E-state index is 10.9. The zero-order valence-corrected chi connectivity index (χ0v) is 9.75. The quantitative estimate of drug-likeness (QED) is 0.801. The van der Waals surface area contributed by atoms with Crippen molar-refractivity contribution in [2.45, 2.75) is 19.1 Å². The third-order valence-corrected chi connectivity index (χ3v) is 3.19. The highest BCUT2D eigenvalue weighted by molar-refractivity contribution is 5.89. The first-order valence-electron chi connectivity index (χ1n) is 5.42. The van der Waals surface area contributed by atoms with Crippen molar-refractivity contribution in [3.63, 3.8) is 0 Å². The van der Waals surface area contributed by atoms with Gasteiger partial charge in [-0.3, -0.25) is 0 Å². The maximum atomic E-state index is 10.9. The lowest BCUT2D eigenvalue weighted by Crippen LogP contribution is -2.47. The molecule has 2 rings (SSSR count). The zero-order valence-electron chi connectivity index (χ0n) is 9.75. The van der Waals surface area contributed by atoms with Gasteiger partial charge in [0.1, 0.15) is 11.9 Å². The van der Waals surface area contributed by atoms with Crippen LogP contribution in [-0.4, -0.2) is 42.0 Å². The van der Waals surface area contributed by atoms with E-state index in [0.29, 0.717) is 5.75 Å². The second kappa shape index (κ2) is 4.25. The minimum atomic E-state index is -0.960. The molecule has 5 nitrogen and oxygen atoms in total. The average Bonchev–Trinajstić information content (AvgIpc) is 2.33. The Morgan fingerprint density at radius 1 is 1.53 bits per heavy atom. The number of likely N-dealkylation sites (N-methyl/N-ethyl adjacent to an activating group) is 1. The van der Waals surface area contributed by atoms with E-state index in [0.717, 1.165) is 5.69 Å². The summed E-state index contributed by atoms with van der Waals surface area (Å²) in [6.45, 7) is 1.86. The van der Waals surface area contributed by atoms with Gasteiger partial charge < -0.3 is 19.8 Å². The molecule has 1 aliphatic rings. The predicted molar refractivity (Wildman–Crippen MR) is 62.8 cm³/mol. The van der Waals surface area contributed by atoms with Crippen molar-refractivity contribution in [3.8, 4) is 5.75 Å². The number of benzene rings is 1. The molecule has 0 amide bonds. The van der Waals surface area contributed by atoms with E-state index in [1.165, 1.54) is 6.07 Å². The number of rotatable bonds is 2. The van der Waals surface area contributed by atoms with Gasteiger partial charge in [-0.25, -0.2) is 4.79 Å². The normalized spacial score (nSPS) is 22.9. The van der Waals surface area contributed by atoms with Gasteiger partial charge in [0.25, 0.3) is 0 Å². The van der Waals surface area contributed by atoms with E-state index in [4.69, 9.17) is 9.84 Å². The fourth-order valence-corrected chi connectivity index (χ4v) is 1.95. The van der Waals surface area contributed by atoms with Crippen LogP contribution in [0.1, 0.15) is 17.3 Å². The molecular weight excluding hydrogens is 222 g/mol.